The van der Waals surface area contributed by atoms with E-state index in [9.17, 15) is 0 Å². The van der Waals surface area contributed by atoms with E-state index in [0.29, 0.717) is 5.92 Å². The Morgan fingerprint density at radius 2 is 1.95 bits per heavy atom. The van der Waals surface area contributed by atoms with Gasteiger partial charge in [-0.15, -0.1) is 0 Å². The van der Waals surface area contributed by atoms with Crippen LogP contribution in [0.4, 0.5) is 17.1 Å². The summed E-state index contributed by atoms with van der Waals surface area (Å²) in [6, 6.07) is 15.0. The summed E-state index contributed by atoms with van der Waals surface area (Å²) in [7, 11) is 0. The minimum absolute atomic E-state index is 0.674. The van der Waals surface area contributed by atoms with Gasteiger partial charge in [0, 0.05) is 23.6 Å². The molecule has 2 heteroatoms. The summed E-state index contributed by atoms with van der Waals surface area (Å²) in [5.74, 6) is 0.674. The molecule has 2 N–H and O–H groups in total. The first-order chi connectivity index (χ1) is 9.15. The van der Waals surface area contributed by atoms with Gasteiger partial charge < -0.3 is 10.6 Å². The first-order valence-corrected chi connectivity index (χ1v) is 6.86. The van der Waals surface area contributed by atoms with Crippen LogP contribution in [0.5, 0.6) is 0 Å². The molecule has 1 heterocycles. The van der Waals surface area contributed by atoms with Crippen LogP contribution < -0.4 is 10.6 Å². The number of fused-ring (bicyclic) bond motifs is 1. The molecule has 2 aromatic carbocycles. The average Bonchev–Trinajstić information content (AvgIpc) is 2.41. The summed E-state index contributed by atoms with van der Waals surface area (Å²) in [4.78, 5) is 2.41. The number of benzene rings is 2. The van der Waals surface area contributed by atoms with Gasteiger partial charge in [-0.25, -0.2) is 0 Å². The molecule has 98 valence electrons. The van der Waals surface area contributed by atoms with Crippen molar-refractivity contribution in [3.63, 3.8) is 0 Å². The first kappa shape index (κ1) is 12.1. The van der Waals surface area contributed by atoms with E-state index in [0.717, 1.165) is 17.8 Å². The van der Waals surface area contributed by atoms with Crippen molar-refractivity contribution in [2.24, 2.45) is 5.92 Å². The maximum atomic E-state index is 5.92. The van der Waals surface area contributed by atoms with Gasteiger partial charge >= 0.3 is 0 Å². The van der Waals surface area contributed by atoms with Crippen LogP contribution in [-0.4, -0.2) is 6.54 Å². The molecule has 0 spiro atoms. The van der Waals surface area contributed by atoms with Crippen LogP contribution in [0, 0.1) is 12.8 Å². The standard InChI is InChI=1S/C17H20N2/c1-12-9-14-5-3-4-6-17(14)19(11-12)15-7-8-16(18)13(2)10-15/h3-8,10,12H,9,11,18H2,1-2H3. The monoisotopic (exact) mass is 252 g/mol. The lowest BCUT2D eigenvalue weighted by Crippen LogP contribution is -2.30. The van der Waals surface area contributed by atoms with Crippen LogP contribution in [0.25, 0.3) is 0 Å². The number of hydrogen-bond donors (Lipinski definition) is 1. The lowest BCUT2D eigenvalue weighted by atomic mass is 9.93. The van der Waals surface area contributed by atoms with E-state index in [4.69, 9.17) is 5.73 Å². The van der Waals surface area contributed by atoms with E-state index in [2.05, 4.69) is 55.1 Å². The largest absolute Gasteiger partial charge is 0.399 e. The molecule has 0 aliphatic carbocycles. The Kier molecular flexibility index (Phi) is 2.94. The van der Waals surface area contributed by atoms with Crippen molar-refractivity contribution in [3.8, 4) is 0 Å². The van der Waals surface area contributed by atoms with Gasteiger partial charge in [-0.05, 0) is 54.7 Å². The minimum atomic E-state index is 0.674. The maximum absolute atomic E-state index is 5.92. The lowest BCUT2D eigenvalue weighted by Gasteiger charge is -2.35. The van der Waals surface area contributed by atoms with Crippen LogP contribution >= 0.6 is 0 Å². The predicted octanol–water partition coefficient (Wildman–Crippen LogP) is 3.91. The third kappa shape index (κ3) is 2.19. The van der Waals surface area contributed by atoms with Crippen LogP contribution in [0.3, 0.4) is 0 Å². The van der Waals surface area contributed by atoms with E-state index in [-0.39, 0.29) is 0 Å². The molecule has 3 rings (SSSR count). The molecule has 0 radical (unpaired) electrons. The number of nitrogen functional groups attached to an aromatic ring is 1. The van der Waals surface area contributed by atoms with Gasteiger partial charge in [-0.2, -0.15) is 0 Å². The Balaban J connectivity index is 2.07. The highest BCUT2D eigenvalue weighted by Gasteiger charge is 2.22. The molecule has 1 atom stereocenters. The van der Waals surface area contributed by atoms with Gasteiger partial charge in [0.2, 0.25) is 0 Å². The predicted molar refractivity (Wildman–Crippen MR) is 81.9 cm³/mol. The Morgan fingerprint density at radius 3 is 2.74 bits per heavy atom. The molecular weight excluding hydrogens is 232 g/mol. The highest BCUT2D eigenvalue weighted by molar-refractivity contribution is 5.70. The number of hydrogen-bond acceptors (Lipinski definition) is 2. The number of nitrogens with two attached hydrogens (primary N) is 1. The van der Waals surface area contributed by atoms with E-state index < -0.39 is 0 Å². The van der Waals surface area contributed by atoms with Crippen LogP contribution in [-0.2, 0) is 6.42 Å². The van der Waals surface area contributed by atoms with Crippen molar-refractivity contribution in [1.29, 1.82) is 0 Å². The van der Waals surface area contributed by atoms with Crippen molar-refractivity contribution < 1.29 is 0 Å². The van der Waals surface area contributed by atoms with Crippen molar-refractivity contribution in [3.05, 3.63) is 53.6 Å². The SMILES string of the molecule is Cc1cc(N2CC(C)Cc3ccccc32)ccc1N. The topological polar surface area (TPSA) is 29.3 Å². The molecule has 0 saturated carbocycles. The minimum Gasteiger partial charge on any atom is -0.399 e. The Hall–Kier alpha value is -1.96. The van der Waals surface area contributed by atoms with Crippen LogP contribution in [0.2, 0.25) is 0 Å². The summed E-state index contributed by atoms with van der Waals surface area (Å²) >= 11 is 0. The fraction of sp³-hybridized carbons (Fsp3) is 0.294. The van der Waals surface area contributed by atoms with Crippen molar-refractivity contribution >= 4 is 17.1 Å². The van der Waals surface area contributed by atoms with Gasteiger partial charge in [0.1, 0.15) is 0 Å². The first-order valence-electron chi connectivity index (χ1n) is 6.86. The Labute approximate surface area is 114 Å². The third-order valence-corrected chi connectivity index (χ3v) is 3.91. The van der Waals surface area contributed by atoms with E-state index >= 15 is 0 Å². The summed E-state index contributed by atoms with van der Waals surface area (Å²) < 4.78 is 0. The van der Waals surface area contributed by atoms with E-state index in [1.165, 1.54) is 23.4 Å². The van der Waals surface area contributed by atoms with E-state index in [1.54, 1.807) is 0 Å². The normalized spacial score (nSPS) is 18.2. The zero-order valence-corrected chi connectivity index (χ0v) is 11.6. The molecule has 1 aliphatic rings. The molecule has 1 unspecified atom stereocenters. The Bertz CT molecular complexity index is 604. The molecule has 2 aromatic rings. The maximum Gasteiger partial charge on any atom is 0.0443 e. The van der Waals surface area contributed by atoms with Gasteiger partial charge in [0.05, 0.1) is 0 Å². The zero-order chi connectivity index (χ0) is 13.4. The van der Waals surface area contributed by atoms with Gasteiger partial charge in [-0.1, -0.05) is 25.1 Å². The summed E-state index contributed by atoms with van der Waals surface area (Å²) in [5.41, 5.74) is 12.0. The number of para-hydroxylation sites is 1. The van der Waals surface area contributed by atoms with Gasteiger partial charge in [-0.3, -0.25) is 0 Å². The quantitative estimate of drug-likeness (QED) is 0.780. The van der Waals surface area contributed by atoms with Gasteiger partial charge in [0.15, 0.2) is 0 Å². The van der Waals surface area contributed by atoms with Gasteiger partial charge in [0.25, 0.3) is 0 Å². The van der Waals surface area contributed by atoms with Crippen LogP contribution in [0.15, 0.2) is 42.5 Å². The second-order valence-corrected chi connectivity index (χ2v) is 5.59. The zero-order valence-electron chi connectivity index (χ0n) is 11.6. The molecule has 0 amide bonds. The Morgan fingerprint density at radius 1 is 1.16 bits per heavy atom. The molecule has 19 heavy (non-hydrogen) atoms. The average molecular weight is 252 g/mol. The number of nitrogens with zero attached hydrogens (tertiary/aromatic N) is 1. The molecule has 0 aromatic heterocycles. The highest BCUT2D eigenvalue weighted by atomic mass is 15.1. The lowest BCUT2D eigenvalue weighted by molar-refractivity contribution is 0.562. The number of aryl methyl sites for hydroxylation is 1. The summed E-state index contributed by atoms with van der Waals surface area (Å²) in [6.07, 6.45) is 1.17. The smallest absolute Gasteiger partial charge is 0.0443 e. The molecule has 0 bridgehead atoms. The molecule has 0 fully saturated rings. The number of anilines is 3. The van der Waals surface area contributed by atoms with E-state index in [1.807, 2.05) is 6.07 Å². The fourth-order valence-corrected chi connectivity index (χ4v) is 2.87. The van der Waals surface area contributed by atoms with Crippen molar-refractivity contribution in [2.75, 3.05) is 17.2 Å². The third-order valence-electron chi connectivity index (χ3n) is 3.91. The van der Waals surface area contributed by atoms with Crippen molar-refractivity contribution in [2.45, 2.75) is 20.3 Å². The molecule has 1 aliphatic heterocycles. The molecule has 2 nitrogen and oxygen atoms in total. The fourth-order valence-electron chi connectivity index (χ4n) is 2.87. The second kappa shape index (κ2) is 4.61. The van der Waals surface area contributed by atoms with Crippen LogP contribution in [0.1, 0.15) is 18.1 Å². The highest BCUT2D eigenvalue weighted by Crippen LogP contribution is 2.36. The second-order valence-electron chi connectivity index (χ2n) is 5.59. The number of rotatable bonds is 1. The summed E-state index contributed by atoms with van der Waals surface area (Å²) in [6.45, 7) is 5.45. The molecule has 0 saturated heterocycles. The van der Waals surface area contributed by atoms with Crippen molar-refractivity contribution in [1.82, 2.24) is 0 Å². The summed E-state index contributed by atoms with van der Waals surface area (Å²) in [5, 5.41) is 0. The molecular formula is C17H20N2.